The molecule has 170 valence electrons. The van der Waals surface area contributed by atoms with Crippen LogP contribution in [0.1, 0.15) is 53.7 Å². The molecule has 3 N–H and O–H groups in total. The second-order valence-corrected chi connectivity index (χ2v) is 9.15. The highest BCUT2D eigenvalue weighted by molar-refractivity contribution is 6.30. The number of nitrogens with one attached hydrogen (secondary N) is 1. The van der Waals surface area contributed by atoms with Gasteiger partial charge in [-0.2, -0.15) is 0 Å². The van der Waals surface area contributed by atoms with E-state index in [-0.39, 0.29) is 11.8 Å². The summed E-state index contributed by atoms with van der Waals surface area (Å²) in [6.45, 7) is 4.71. The molecule has 4 rings (SSSR count). The lowest BCUT2D eigenvalue weighted by molar-refractivity contribution is 0.0950. The van der Waals surface area contributed by atoms with Gasteiger partial charge < -0.3 is 11.1 Å². The van der Waals surface area contributed by atoms with Gasteiger partial charge >= 0.3 is 0 Å². The predicted molar refractivity (Wildman–Crippen MR) is 137 cm³/mol. The van der Waals surface area contributed by atoms with Gasteiger partial charge in [0.1, 0.15) is 5.84 Å². The van der Waals surface area contributed by atoms with Crippen molar-refractivity contribution in [1.29, 1.82) is 0 Å². The van der Waals surface area contributed by atoms with Crippen molar-refractivity contribution in [3.05, 3.63) is 99.2 Å². The van der Waals surface area contributed by atoms with Crippen molar-refractivity contribution >= 4 is 29.4 Å². The van der Waals surface area contributed by atoms with E-state index in [1.165, 1.54) is 11.1 Å². The number of hydrogen-bond acceptors (Lipinski definition) is 3. The molecule has 2 aromatic carbocycles. The van der Waals surface area contributed by atoms with E-state index < -0.39 is 0 Å². The van der Waals surface area contributed by atoms with Crippen LogP contribution < -0.4 is 11.1 Å². The van der Waals surface area contributed by atoms with Gasteiger partial charge in [0.05, 0.1) is 5.70 Å². The zero-order valence-electron chi connectivity index (χ0n) is 19.1. The lowest BCUT2D eigenvalue weighted by Gasteiger charge is -2.23. The van der Waals surface area contributed by atoms with Crippen molar-refractivity contribution < 1.29 is 4.79 Å². The molecule has 2 aromatic rings. The molecule has 2 unspecified atom stereocenters. The van der Waals surface area contributed by atoms with Crippen LogP contribution in [-0.4, -0.2) is 11.7 Å². The molecule has 4 nitrogen and oxygen atoms in total. The molecule has 5 heteroatoms. The van der Waals surface area contributed by atoms with Crippen LogP contribution in [0.25, 0.3) is 6.08 Å². The molecular formula is C28H30ClN3O. The normalized spacial score (nSPS) is 21.1. The van der Waals surface area contributed by atoms with Gasteiger partial charge in [-0.15, -0.1) is 0 Å². The number of hydrogen-bond donors (Lipinski definition) is 2. The summed E-state index contributed by atoms with van der Waals surface area (Å²) in [6, 6.07) is 13.5. The molecule has 1 heterocycles. The third-order valence-corrected chi connectivity index (χ3v) is 6.77. The van der Waals surface area contributed by atoms with Crippen LogP contribution in [0.4, 0.5) is 0 Å². The molecule has 0 fully saturated rings. The van der Waals surface area contributed by atoms with Gasteiger partial charge in [0.25, 0.3) is 5.91 Å². The van der Waals surface area contributed by atoms with Crippen LogP contribution in [0.2, 0.25) is 5.02 Å². The Balaban J connectivity index is 1.53. The number of benzene rings is 2. The molecule has 0 saturated heterocycles. The number of halogens is 1. The van der Waals surface area contributed by atoms with Crippen molar-refractivity contribution in [1.82, 2.24) is 5.32 Å². The molecule has 0 saturated carbocycles. The third kappa shape index (κ3) is 5.28. The van der Waals surface area contributed by atoms with Gasteiger partial charge in [-0.25, -0.2) is 4.99 Å². The Labute approximate surface area is 200 Å². The van der Waals surface area contributed by atoms with E-state index in [0.717, 1.165) is 41.9 Å². The first-order valence-electron chi connectivity index (χ1n) is 11.5. The largest absolute Gasteiger partial charge is 0.387 e. The monoisotopic (exact) mass is 459 g/mol. The highest BCUT2D eigenvalue weighted by Gasteiger charge is 2.22. The minimum atomic E-state index is -0.0836. The summed E-state index contributed by atoms with van der Waals surface area (Å²) in [4.78, 5) is 17.7. The molecule has 1 aliphatic heterocycles. The Morgan fingerprint density at radius 2 is 2.03 bits per heavy atom. The minimum absolute atomic E-state index is 0.0836. The van der Waals surface area contributed by atoms with Crippen molar-refractivity contribution in [3.8, 4) is 0 Å². The molecule has 0 spiro atoms. The van der Waals surface area contributed by atoms with Gasteiger partial charge in [0, 0.05) is 29.0 Å². The highest BCUT2D eigenvalue weighted by Crippen LogP contribution is 2.32. The Bertz CT molecular complexity index is 1180. The summed E-state index contributed by atoms with van der Waals surface area (Å²) in [5.74, 6) is 1.16. The summed E-state index contributed by atoms with van der Waals surface area (Å²) in [5.41, 5.74) is 12.2. The van der Waals surface area contributed by atoms with E-state index in [0.29, 0.717) is 23.0 Å². The van der Waals surface area contributed by atoms with E-state index >= 15 is 0 Å². The van der Waals surface area contributed by atoms with Crippen molar-refractivity contribution in [3.63, 3.8) is 0 Å². The van der Waals surface area contributed by atoms with Crippen LogP contribution in [-0.2, 0) is 13.0 Å². The second kappa shape index (κ2) is 10.2. The van der Waals surface area contributed by atoms with Gasteiger partial charge in [0.2, 0.25) is 0 Å². The summed E-state index contributed by atoms with van der Waals surface area (Å²) >= 11 is 6.05. The number of allylic oxidation sites excluding steroid dienone is 4. The predicted octanol–water partition coefficient (Wildman–Crippen LogP) is 6.07. The Morgan fingerprint density at radius 3 is 2.82 bits per heavy atom. The van der Waals surface area contributed by atoms with E-state index in [2.05, 4.69) is 49.5 Å². The zero-order valence-corrected chi connectivity index (χ0v) is 19.9. The number of carbonyl (C=O) groups is 1. The summed E-state index contributed by atoms with van der Waals surface area (Å²) in [5, 5.41) is 3.68. The second-order valence-electron chi connectivity index (χ2n) is 8.71. The number of nitrogens with two attached hydrogens (primary N) is 1. The quantitative estimate of drug-likeness (QED) is 0.569. The lowest BCUT2D eigenvalue weighted by atomic mass is 9.83. The van der Waals surface area contributed by atoms with Gasteiger partial charge in [-0.1, -0.05) is 61.0 Å². The number of nitrogens with zero attached hydrogens (tertiary/aromatic N) is 1. The molecule has 33 heavy (non-hydrogen) atoms. The number of fused-ring (bicyclic) bond motifs is 1. The number of aliphatic imine (C=N–C) groups is 1. The zero-order chi connectivity index (χ0) is 23.4. The van der Waals surface area contributed by atoms with Gasteiger partial charge in [-0.3, -0.25) is 4.79 Å². The molecule has 0 radical (unpaired) electrons. The van der Waals surface area contributed by atoms with E-state index in [1.807, 2.05) is 36.4 Å². The average molecular weight is 460 g/mol. The Morgan fingerprint density at radius 1 is 1.21 bits per heavy atom. The van der Waals surface area contributed by atoms with Crippen molar-refractivity contribution in [2.24, 2.45) is 22.6 Å². The van der Waals surface area contributed by atoms with Crippen molar-refractivity contribution in [2.75, 3.05) is 0 Å². The molecule has 0 aromatic heterocycles. The lowest BCUT2D eigenvalue weighted by Crippen LogP contribution is -2.24. The maximum atomic E-state index is 12.9. The van der Waals surface area contributed by atoms with E-state index in [4.69, 9.17) is 22.3 Å². The standard InChI is InChI=1S/C28H30ClN3O/c1-3-20-8-6-12-26(32-27(20)30)18(2)21-13-14-24-22(16-21)9-5-11-25(24)28(33)31-17-19-7-4-10-23(29)15-19/h4-7,9-15,20-21H,3,8,16-17H2,1-2H3,(H2,30,32)(H,31,33). The fourth-order valence-electron chi connectivity index (χ4n) is 4.44. The number of amides is 1. The van der Waals surface area contributed by atoms with Crippen LogP contribution in [0, 0.1) is 11.8 Å². The first-order chi connectivity index (χ1) is 16.0. The van der Waals surface area contributed by atoms with E-state index in [9.17, 15) is 4.79 Å². The first kappa shape index (κ1) is 23.1. The Kier molecular flexibility index (Phi) is 7.14. The van der Waals surface area contributed by atoms with E-state index in [1.54, 1.807) is 0 Å². The molecule has 2 aliphatic rings. The number of carbonyl (C=O) groups excluding carboxylic acids is 1. The van der Waals surface area contributed by atoms with Crippen LogP contribution >= 0.6 is 11.6 Å². The minimum Gasteiger partial charge on any atom is -0.387 e. The maximum absolute atomic E-state index is 12.9. The van der Waals surface area contributed by atoms with Crippen LogP contribution in [0.5, 0.6) is 0 Å². The molecule has 1 amide bonds. The molecule has 1 aliphatic carbocycles. The van der Waals surface area contributed by atoms with Crippen LogP contribution in [0.15, 0.2) is 77.0 Å². The summed E-state index contributed by atoms with van der Waals surface area (Å²) in [6.07, 6.45) is 11.3. The molecule has 2 atom stereocenters. The summed E-state index contributed by atoms with van der Waals surface area (Å²) in [7, 11) is 0. The molecule has 0 bridgehead atoms. The maximum Gasteiger partial charge on any atom is 0.252 e. The van der Waals surface area contributed by atoms with Gasteiger partial charge in [0.15, 0.2) is 0 Å². The topological polar surface area (TPSA) is 67.5 Å². The third-order valence-electron chi connectivity index (χ3n) is 6.54. The first-order valence-corrected chi connectivity index (χ1v) is 11.9. The van der Waals surface area contributed by atoms with Crippen LogP contribution in [0.3, 0.4) is 0 Å². The molecular weight excluding hydrogens is 430 g/mol. The summed E-state index contributed by atoms with van der Waals surface area (Å²) < 4.78 is 0. The van der Waals surface area contributed by atoms with Crippen molar-refractivity contribution in [2.45, 2.75) is 39.7 Å². The SMILES string of the molecule is CCC1CC=CC(=C(C)C2C=Cc3c(cccc3C(=O)NCc3cccc(Cl)c3)C2)N=C1N. The fourth-order valence-corrected chi connectivity index (χ4v) is 4.66. The highest BCUT2D eigenvalue weighted by atomic mass is 35.5. The number of rotatable bonds is 5. The fraction of sp³-hybridized carbons (Fsp3) is 0.286. The number of amidine groups is 1. The average Bonchev–Trinajstić information content (AvgIpc) is 3.02. The smallest absolute Gasteiger partial charge is 0.252 e. The van der Waals surface area contributed by atoms with Gasteiger partial charge in [-0.05, 0) is 72.7 Å². The Hall–Kier alpha value is -3.11.